The van der Waals surface area contributed by atoms with Crippen LogP contribution in [0.3, 0.4) is 0 Å². The highest BCUT2D eigenvalue weighted by molar-refractivity contribution is 7.89. The normalized spacial score (nSPS) is 11.7. The van der Waals surface area contributed by atoms with E-state index >= 15 is 0 Å². The molecule has 1 N–H and O–H groups in total. The van der Waals surface area contributed by atoms with Crippen LogP contribution in [0.4, 0.5) is 4.39 Å². The zero-order valence-electron chi connectivity index (χ0n) is 19.1. The van der Waals surface area contributed by atoms with Gasteiger partial charge in [0, 0.05) is 30.3 Å². The van der Waals surface area contributed by atoms with Crippen LogP contribution in [0, 0.1) is 5.82 Å². The maximum atomic E-state index is 13.7. The smallest absolute Gasteiger partial charge is 0.252 e. The first-order chi connectivity index (χ1) is 16.7. The maximum Gasteiger partial charge on any atom is 0.252 e. The Bertz CT molecular complexity index is 1560. The zero-order chi connectivity index (χ0) is 25.2. The Labute approximate surface area is 201 Å². The SMILES string of the molecule is COc1ccc2cc(CN(Cc3ccc(F)cc3)S(=O)(=O)c3cccc(C(C)=O)c3)c(=O)[nH]c2c1. The van der Waals surface area contributed by atoms with Gasteiger partial charge in [0.25, 0.3) is 5.56 Å². The average molecular weight is 495 g/mol. The van der Waals surface area contributed by atoms with E-state index in [1.165, 1.54) is 62.6 Å². The summed E-state index contributed by atoms with van der Waals surface area (Å²) in [5, 5.41) is 0.707. The van der Waals surface area contributed by atoms with Gasteiger partial charge in [0.1, 0.15) is 11.6 Å². The van der Waals surface area contributed by atoms with E-state index in [2.05, 4.69) is 4.98 Å². The lowest BCUT2D eigenvalue weighted by Crippen LogP contribution is -2.32. The largest absolute Gasteiger partial charge is 0.497 e. The molecule has 0 saturated heterocycles. The molecule has 1 aromatic heterocycles. The van der Waals surface area contributed by atoms with E-state index in [0.29, 0.717) is 22.2 Å². The molecule has 0 aliphatic carbocycles. The number of H-pyrrole nitrogens is 1. The van der Waals surface area contributed by atoms with E-state index in [1.807, 2.05) is 0 Å². The summed E-state index contributed by atoms with van der Waals surface area (Å²) in [6.45, 7) is 1.01. The van der Waals surface area contributed by atoms with Gasteiger partial charge in [-0.1, -0.05) is 24.3 Å². The number of nitrogens with one attached hydrogen (secondary N) is 1. The van der Waals surface area contributed by atoms with Crippen molar-refractivity contribution in [3.05, 3.63) is 106 Å². The number of fused-ring (bicyclic) bond motifs is 1. The third-order valence-electron chi connectivity index (χ3n) is 5.63. The van der Waals surface area contributed by atoms with Crippen LogP contribution in [0.15, 0.2) is 82.5 Å². The summed E-state index contributed by atoms with van der Waals surface area (Å²) in [7, 11) is -2.61. The first-order valence-electron chi connectivity index (χ1n) is 10.7. The molecule has 0 atom stereocenters. The number of nitrogens with zero attached hydrogens (tertiary/aromatic N) is 1. The molecule has 0 saturated carbocycles. The van der Waals surface area contributed by atoms with Crippen LogP contribution in [-0.2, 0) is 23.1 Å². The molecule has 9 heteroatoms. The predicted molar refractivity (Wildman–Crippen MR) is 130 cm³/mol. The fraction of sp³-hybridized carbons (Fsp3) is 0.154. The third-order valence-corrected chi connectivity index (χ3v) is 7.41. The van der Waals surface area contributed by atoms with E-state index < -0.39 is 21.4 Å². The Morgan fingerprint density at radius 1 is 1.00 bits per heavy atom. The summed E-state index contributed by atoms with van der Waals surface area (Å²) < 4.78 is 47.1. The van der Waals surface area contributed by atoms with Crippen LogP contribution in [0.2, 0.25) is 0 Å². The lowest BCUT2D eigenvalue weighted by Gasteiger charge is -2.23. The molecule has 4 rings (SSSR count). The predicted octanol–water partition coefficient (Wildman–Crippen LogP) is 4.27. The number of aromatic amines is 1. The van der Waals surface area contributed by atoms with E-state index in [-0.39, 0.29) is 34.9 Å². The van der Waals surface area contributed by atoms with Crippen molar-refractivity contribution in [2.75, 3.05) is 7.11 Å². The monoisotopic (exact) mass is 494 g/mol. The van der Waals surface area contributed by atoms with Gasteiger partial charge in [0.2, 0.25) is 10.0 Å². The van der Waals surface area contributed by atoms with Crippen molar-refractivity contribution < 1.29 is 22.3 Å². The van der Waals surface area contributed by atoms with Gasteiger partial charge in [0.05, 0.1) is 17.5 Å². The van der Waals surface area contributed by atoms with Gasteiger partial charge in [-0.15, -0.1) is 0 Å². The fourth-order valence-electron chi connectivity index (χ4n) is 3.70. The van der Waals surface area contributed by atoms with Crippen LogP contribution >= 0.6 is 0 Å². The molecule has 0 unspecified atom stereocenters. The number of halogens is 1. The summed E-state index contributed by atoms with van der Waals surface area (Å²) in [6.07, 6.45) is 0. The van der Waals surface area contributed by atoms with Crippen molar-refractivity contribution in [3.8, 4) is 5.75 Å². The molecule has 0 spiro atoms. The minimum absolute atomic E-state index is 0.0748. The summed E-state index contributed by atoms with van der Waals surface area (Å²) in [4.78, 5) is 27.4. The van der Waals surface area contributed by atoms with Gasteiger partial charge in [0.15, 0.2) is 5.78 Å². The molecule has 0 aliphatic heterocycles. The third kappa shape index (κ3) is 5.31. The highest BCUT2D eigenvalue weighted by Gasteiger charge is 2.27. The summed E-state index contributed by atoms with van der Waals surface area (Å²) >= 11 is 0. The van der Waals surface area contributed by atoms with Gasteiger partial charge in [-0.3, -0.25) is 9.59 Å². The Hall–Kier alpha value is -3.82. The second-order valence-corrected chi connectivity index (χ2v) is 10.00. The number of Topliss-reactive ketones (excluding diaryl/α,β-unsaturated/α-hetero) is 1. The Morgan fingerprint density at radius 3 is 2.43 bits per heavy atom. The van der Waals surface area contributed by atoms with E-state index in [9.17, 15) is 22.4 Å². The molecule has 0 aliphatic rings. The number of benzene rings is 3. The highest BCUT2D eigenvalue weighted by atomic mass is 32.2. The molecule has 35 heavy (non-hydrogen) atoms. The van der Waals surface area contributed by atoms with Gasteiger partial charge in [-0.25, -0.2) is 12.8 Å². The number of aromatic nitrogens is 1. The van der Waals surface area contributed by atoms with Crippen LogP contribution in [-0.4, -0.2) is 30.6 Å². The quantitative estimate of drug-likeness (QED) is 0.369. The molecule has 7 nitrogen and oxygen atoms in total. The molecule has 4 aromatic rings. The number of pyridine rings is 1. The first-order valence-corrected chi connectivity index (χ1v) is 12.2. The number of rotatable bonds is 8. The summed E-state index contributed by atoms with van der Waals surface area (Å²) in [5.74, 6) is -0.140. The molecular formula is C26H23FN2O5S. The van der Waals surface area contributed by atoms with Crippen molar-refractivity contribution in [2.24, 2.45) is 0 Å². The summed E-state index contributed by atoms with van der Waals surface area (Å²) in [6, 6.07) is 18.0. The fourth-order valence-corrected chi connectivity index (χ4v) is 5.16. The van der Waals surface area contributed by atoms with E-state index in [1.54, 1.807) is 24.3 Å². The highest BCUT2D eigenvalue weighted by Crippen LogP contribution is 2.24. The number of ether oxygens (including phenoxy) is 1. The number of methoxy groups -OCH3 is 1. The molecule has 180 valence electrons. The maximum absolute atomic E-state index is 13.7. The lowest BCUT2D eigenvalue weighted by molar-refractivity contribution is 0.101. The van der Waals surface area contributed by atoms with Crippen molar-refractivity contribution in [2.45, 2.75) is 24.9 Å². The van der Waals surface area contributed by atoms with Crippen molar-refractivity contribution in [3.63, 3.8) is 0 Å². The number of hydrogen-bond acceptors (Lipinski definition) is 5. The Morgan fingerprint density at radius 2 is 1.74 bits per heavy atom. The number of carbonyl (C=O) groups excluding carboxylic acids is 1. The topological polar surface area (TPSA) is 96.5 Å². The van der Waals surface area contributed by atoms with Crippen molar-refractivity contribution in [1.82, 2.24) is 9.29 Å². The lowest BCUT2D eigenvalue weighted by atomic mass is 10.1. The zero-order valence-corrected chi connectivity index (χ0v) is 19.9. The first kappa shape index (κ1) is 24.3. The van der Waals surface area contributed by atoms with Gasteiger partial charge in [-0.05, 0) is 60.3 Å². The number of carbonyl (C=O) groups is 1. The van der Waals surface area contributed by atoms with Crippen LogP contribution < -0.4 is 10.3 Å². The second-order valence-electron chi connectivity index (χ2n) is 8.06. The van der Waals surface area contributed by atoms with Crippen LogP contribution in [0.25, 0.3) is 10.9 Å². The van der Waals surface area contributed by atoms with Gasteiger partial charge < -0.3 is 9.72 Å². The molecule has 1 heterocycles. The molecule has 0 bridgehead atoms. The Balaban J connectivity index is 1.78. The number of ketones is 1. The molecule has 0 radical (unpaired) electrons. The minimum atomic E-state index is -4.13. The molecular weight excluding hydrogens is 471 g/mol. The van der Waals surface area contributed by atoms with Crippen LogP contribution in [0.1, 0.15) is 28.4 Å². The Kier molecular flexibility index (Phi) is 6.81. The molecule has 3 aromatic carbocycles. The van der Waals surface area contributed by atoms with Crippen LogP contribution in [0.5, 0.6) is 5.75 Å². The minimum Gasteiger partial charge on any atom is -0.497 e. The van der Waals surface area contributed by atoms with Gasteiger partial charge >= 0.3 is 0 Å². The van der Waals surface area contributed by atoms with E-state index in [0.717, 1.165) is 4.31 Å². The van der Waals surface area contributed by atoms with E-state index in [4.69, 9.17) is 4.74 Å². The van der Waals surface area contributed by atoms with Crippen molar-refractivity contribution in [1.29, 1.82) is 0 Å². The number of hydrogen-bond donors (Lipinski definition) is 1. The van der Waals surface area contributed by atoms with Gasteiger partial charge in [-0.2, -0.15) is 4.31 Å². The average Bonchev–Trinajstić information content (AvgIpc) is 2.85. The standard InChI is InChI=1S/C26H23FN2O5S/c1-17(30)19-4-3-5-24(13-19)35(32,33)29(15-18-6-9-22(27)10-7-18)16-21-12-20-8-11-23(34-2)14-25(20)28-26(21)31/h3-14H,15-16H2,1-2H3,(H,28,31). The molecule has 0 amide bonds. The summed E-state index contributed by atoms with van der Waals surface area (Å²) in [5.41, 5.74) is 1.14. The molecule has 0 fully saturated rings. The number of sulfonamides is 1. The van der Waals surface area contributed by atoms with Crippen molar-refractivity contribution >= 4 is 26.7 Å². The second kappa shape index (κ2) is 9.81.